The van der Waals surface area contributed by atoms with Crippen LogP contribution >= 0.6 is 11.6 Å². The highest BCUT2D eigenvalue weighted by molar-refractivity contribution is 6.35. The topological polar surface area (TPSA) is 69.6 Å². The zero-order valence-corrected chi connectivity index (χ0v) is 12.4. The summed E-state index contributed by atoms with van der Waals surface area (Å²) in [4.78, 5) is 0. The van der Waals surface area contributed by atoms with Crippen molar-refractivity contribution < 1.29 is 0 Å². The lowest BCUT2D eigenvalue weighted by Gasteiger charge is -2.19. The van der Waals surface area contributed by atoms with E-state index in [1.807, 2.05) is 16.8 Å². The molecule has 6 heteroatoms. The van der Waals surface area contributed by atoms with Crippen molar-refractivity contribution in [3.63, 3.8) is 0 Å². The molecule has 2 aromatic rings. The Bertz CT molecular complexity index is 624. The van der Waals surface area contributed by atoms with Crippen LogP contribution in [0.5, 0.6) is 0 Å². The Hall–Kier alpha value is -1.62. The predicted octanol–water partition coefficient (Wildman–Crippen LogP) is 3.18. The maximum Gasteiger partial charge on any atom is 0.183 e. The largest absolute Gasteiger partial charge is 0.398 e. The molecule has 3 atom stereocenters. The number of nitrogen functional groups attached to an aromatic ring is 1. The maximum atomic E-state index is 6.29. The van der Waals surface area contributed by atoms with E-state index in [9.17, 15) is 0 Å². The fourth-order valence-electron chi connectivity index (χ4n) is 3.00. The van der Waals surface area contributed by atoms with Gasteiger partial charge in [0.15, 0.2) is 5.82 Å². The van der Waals surface area contributed by atoms with Gasteiger partial charge in [0, 0.05) is 5.56 Å². The number of hydrogen-bond acceptors (Lipinski definition) is 4. The zero-order valence-electron chi connectivity index (χ0n) is 11.6. The normalized spacial score (nSPS) is 26.1. The van der Waals surface area contributed by atoms with Crippen molar-refractivity contribution in [1.29, 1.82) is 0 Å². The highest BCUT2D eigenvalue weighted by Crippen LogP contribution is 2.41. The molecule has 3 unspecified atom stereocenters. The molecule has 20 heavy (non-hydrogen) atoms. The van der Waals surface area contributed by atoms with Gasteiger partial charge in [0.25, 0.3) is 0 Å². The predicted molar refractivity (Wildman–Crippen MR) is 79.3 cm³/mol. The Morgan fingerprint density at radius 3 is 2.80 bits per heavy atom. The third kappa shape index (κ3) is 2.06. The second kappa shape index (κ2) is 5.05. The van der Waals surface area contributed by atoms with Gasteiger partial charge in [-0.25, -0.2) is 4.68 Å². The Balaban J connectivity index is 2.05. The van der Waals surface area contributed by atoms with E-state index in [2.05, 4.69) is 29.4 Å². The Kier molecular flexibility index (Phi) is 3.38. The van der Waals surface area contributed by atoms with E-state index in [1.54, 1.807) is 6.07 Å². The summed E-state index contributed by atoms with van der Waals surface area (Å²) >= 11 is 6.29. The molecule has 1 aliphatic carbocycles. The smallest absolute Gasteiger partial charge is 0.183 e. The van der Waals surface area contributed by atoms with Crippen molar-refractivity contribution in [3.8, 4) is 11.4 Å². The van der Waals surface area contributed by atoms with Gasteiger partial charge in [-0.15, -0.1) is 5.10 Å². The summed E-state index contributed by atoms with van der Waals surface area (Å²) in [5, 5.41) is 12.7. The van der Waals surface area contributed by atoms with Crippen molar-refractivity contribution >= 4 is 17.3 Å². The average Bonchev–Trinajstić information content (AvgIpc) is 3.01. The van der Waals surface area contributed by atoms with Gasteiger partial charge in [-0.1, -0.05) is 31.5 Å². The standard InChI is InChI=1S/C14H18ClN5/c1-8-6-7-12(9(8)2)20-14(17-18-19-20)10-4-3-5-11(16)13(10)15/h3-5,8-9,12H,6-7,16H2,1-2H3. The van der Waals surface area contributed by atoms with Crippen molar-refractivity contribution in [2.75, 3.05) is 5.73 Å². The first-order valence-electron chi connectivity index (χ1n) is 6.91. The van der Waals surface area contributed by atoms with Crippen molar-refractivity contribution in [1.82, 2.24) is 20.2 Å². The molecule has 1 heterocycles. The number of rotatable bonds is 2. The lowest BCUT2D eigenvalue weighted by molar-refractivity contribution is 0.328. The molecule has 0 aliphatic heterocycles. The van der Waals surface area contributed by atoms with Crippen LogP contribution < -0.4 is 5.73 Å². The van der Waals surface area contributed by atoms with Crippen LogP contribution in [0.4, 0.5) is 5.69 Å². The number of anilines is 1. The summed E-state index contributed by atoms with van der Waals surface area (Å²) in [6, 6.07) is 5.88. The van der Waals surface area contributed by atoms with Crippen LogP contribution in [0.2, 0.25) is 5.02 Å². The first-order valence-corrected chi connectivity index (χ1v) is 7.29. The summed E-state index contributed by atoms with van der Waals surface area (Å²) in [5.41, 5.74) is 7.21. The van der Waals surface area contributed by atoms with Gasteiger partial charge < -0.3 is 5.73 Å². The second-order valence-corrected chi connectivity index (χ2v) is 6.01. The van der Waals surface area contributed by atoms with Crippen LogP contribution in [0.3, 0.4) is 0 Å². The van der Waals surface area contributed by atoms with Gasteiger partial charge in [0.05, 0.1) is 16.8 Å². The first kappa shape index (κ1) is 13.4. The minimum Gasteiger partial charge on any atom is -0.398 e. The van der Waals surface area contributed by atoms with Crippen LogP contribution in [-0.2, 0) is 0 Å². The summed E-state index contributed by atoms with van der Waals surface area (Å²) in [6.45, 7) is 4.54. The Labute approximate surface area is 123 Å². The van der Waals surface area contributed by atoms with Gasteiger partial charge in [0.2, 0.25) is 0 Å². The highest BCUT2D eigenvalue weighted by atomic mass is 35.5. The molecular formula is C14H18ClN5. The van der Waals surface area contributed by atoms with E-state index in [4.69, 9.17) is 17.3 Å². The molecule has 1 aromatic heterocycles. The lowest BCUT2D eigenvalue weighted by atomic mass is 9.98. The van der Waals surface area contributed by atoms with Crippen molar-refractivity contribution in [3.05, 3.63) is 23.2 Å². The zero-order chi connectivity index (χ0) is 14.3. The average molecular weight is 292 g/mol. The molecule has 0 amide bonds. The van der Waals surface area contributed by atoms with Crippen LogP contribution in [0.15, 0.2) is 18.2 Å². The van der Waals surface area contributed by atoms with Gasteiger partial charge in [-0.05, 0) is 47.2 Å². The molecule has 0 bridgehead atoms. The monoisotopic (exact) mass is 291 g/mol. The van der Waals surface area contributed by atoms with Crippen molar-refractivity contribution in [2.45, 2.75) is 32.7 Å². The minimum atomic E-state index is 0.326. The van der Waals surface area contributed by atoms with Gasteiger partial charge in [-0.2, -0.15) is 0 Å². The second-order valence-electron chi connectivity index (χ2n) is 5.64. The summed E-state index contributed by atoms with van der Waals surface area (Å²) in [6.07, 6.45) is 2.30. The molecule has 1 saturated carbocycles. The summed E-state index contributed by atoms with van der Waals surface area (Å²) in [7, 11) is 0. The number of aromatic nitrogens is 4. The fourth-order valence-corrected chi connectivity index (χ4v) is 3.21. The van der Waals surface area contributed by atoms with Crippen LogP contribution in [0.25, 0.3) is 11.4 Å². The Morgan fingerprint density at radius 1 is 1.30 bits per heavy atom. The van der Waals surface area contributed by atoms with Gasteiger partial charge in [0.1, 0.15) is 0 Å². The molecule has 0 spiro atoms. The number of hydrogen-bond donors (Lipinski definition) is 1. The number of tetrazole rings is 1. The quantitative estimate of drug-likeness (QED) is 0.863. The molecule has 1 fully saturated rings. The maximum absolute atomic E-state index is 6.29. The SMILES string of the molecule is CC1CCC(n2nnnc2-c2cccc(N)c2Cl)C1C. The van der Waals surface area contributed by atoms with E-state index in [1.165, 1.54) is 6.42 Å². The summed E-state index contributed by atoms with van der Waals surface area (Å²) < 4.78 is 1.91. The fraction of sp³-hybridized carbons (Fsp3) is 0.500. The van der Waals surface area contributed by atoms with Crippen molar-refractivity contribution in [2.24, 2.45) is 11.8 Å². The third-order valence-corrected chi connectivity index (χ3v) is 4.92. The van der Waals surface area contributed by atoms with E-state index >= 15 is 0 Å². The minimum absolute atomic E-state index is 0.326. The molecule has 0 radical (unpaired) electrons. The third-order valence-electron chi connectivity index (χ3n) is 4.50. The molecule has 106 valence electrons. The molecule has 1 aromatic carbocycles. The Morgan fingerprint density at radius 2 is 2.10 bits per heavy atom. The molecule has 3 rings (SSSR count). The molecule has 2 N–H and O–H groups in total. The van der Waals surface area contributed by atoms with Gasteiger partial charge >= 0.3 is 0 Å². The molecule has 1 aliphatic rings. The number of halogens is 1. The van der Waals surface area contributed by atoms with Gasteiger partial charge in [-0.3, -0.25) is 0 Å². The first-order chi connectivity index (χ1) is 9.59. The molecular weight excluding hydrogens is 274 g/mol. The van der Waals surface area contributed by atoms with E-state index in [-0.39, 0.29) is 0 Å². The van der Waals surface area contributed by atoms with Crippen LogP contribution in [-0.4, -0.2) is 20.2 Å². The van der Waals surface area contributed by atoms with E-state index in [0.29, 0.717) is 34.4 Å². The number of nitrogens with zero attached hydrogens (tertiary/aromatic N) is 4. The van der Waals surface area contributed by atoms with E-state index < -0.39 is 0 Å². The molecule has 5 nitrogen and oxygen atoms in total. The lowest BCUT2D eigenvalue weighted by Crippen LogP contribution is -2.17. The van der Waals surface area contributed by atoms with E-state index in [0.717, 1.165) is 12.0 Å². The number of benzene rings is 1. The van der Waals surface area contributed by atoms with Crippen LogP contribution in [0.1, 0.15) is 32.7 Å². The number of nitrogens with two attached hydrogens (primary N) is 1. The highest BCUT2D eigenvalue weighted by Gasteiger charge is 2.33. The van der Waals surface area contributed by atoms with Crippen LogP contribution in [0, 0.1) is 11.8 Å². The molecule has 0 saturated heterocycles. The summed E-state index contributed by atoms with van der Waals surface area (Å²) in [5.74, 6) is 1.94.